The number of nitrogens with one attached hydrogen (secondary N) is 1. The standard InChI is InChI=1S/C21H24N2O/c1-14-10-12-16(13-11-14)19-18(21(3,4)5)20(24)22-23(19)17-9-7-6-8-15(17)2/h6-13H,1-5H3,(H,22,24). The van der Waals surface area contributed by atoms with Crippen molar-refractivity contribution in [2.45, 2.75) is 40.0 Å². The van der Waals surface area contributed by atoms with Crippen LogP contribution in [0.4, 0.5) is 0 Å². The number of hydrogen-bond acceptors (Lipinski definition) is 1. The van der Waals surface area contributed by atoms with E-state index in [2.05, 4.69) is 70.0 Å². The zero-order valence-corrected chi connectivity index (χ0v) is 15.0. The van der Waals surface area contributed by atoms with Crippen LogP contribution >= 0.6 is 0 Å². The SMILES string of the molecule is Cc1ccc(-c2c(C(C)(C)C)c(=O)[nH]n2-c2ccccc2C)cc1. The third-order valence-corrected chi connectivity index (χ3v) is 4.33. The zero-order chi connectivity index (χ0) is 17.5. The van der Waals surface area contributed by atoms with Crippen LogP contribution in [0.25, 0.3) is 16.9 Å². The smallest absolute Gasteiger partial charge is 0.268 e. The van der Waals surface area contributed by atoms with Crippen LogP contribution in [0, 0.1) is 13.8 Å². The van der Waals surface area contributed by atoms with Crippen molar-refractivity contribution < 1.29 is 0 Å². The third-order valence-electron chi connectivity index (χ3n) is 4.33. The van der Waals surface area contributed by atoms with Crippen LogP contribution in [0.5, 0.6) is 0 Å². The molecular formula is C21H24N2O. The second-order valence-corrected chi connectivity index (χ2v) is 7.40. The maximum atomic E-state index is 12.8. The lowest BCUT2D eigenvalue weighted by Crippen LogP contribution is -2.21. The molecule has 0 amide bonds. The first-order chi connectivity index (χ1) is 11.3. The highest BCUT2D eigenvalue weighted by Crippen LogP contribution is 2.32. The van der Waals surface area contributed by atoms with Crippen LogP contribution in [0.15, 0.2) is 53.3 Å². The molecule has 2 aromatic carbocycles. The molecule has 0 unspecified atom stereocenters. The molecule has 0 aliphatic carbocycles. The van der Waals surface area contributed by atoms with E-state index in [0.717, 1.165) is 28.1 Å². The molecule has 3 heteroatoms. The largest absolute Gasteiger partial charge is 0.268 e. The Labute approximate surface area is 143 Å². The van der Waals surface area contributed by atoms with Gasteiger partial charge in [0.2, 0.25) is 0 Å². The van der Waals surface area contributed by atoms with E-state index in [9.17, 15) is 4.79 Å². The maximum absolute atomic E-state index is 12.8. The molecule has 24 heavy (non-hydrogen) atoms. The van der Waals surface area contributed by atoms with Gasteiger partial charge < -0.3 is 0 Å². The minimum Gasteiger partial charge on any atom is -0.268 e. The molecule has 0 aliphatic heterocycles. The monoisotopic (exact) mass is 320 g/mol. The van der Waals surface area contributed by atoms with Crippen molar-refractivity contribution in [3.63, 3.8) is 0 Å². The number of aryl methyl sites for hydroxylation is 2. The fourth-order valence-corrected chi connectivity index (χ4v) is 3.11. The van der Waals surface area contributed by atoms with Crippen molar-refractivity contribution in [3.05, 3.63) is 75.6 Å². The van der Waals surface area contributed by atoms with Crippen molar-refractivity contribution in [1.29, 1.82) is 0 Å². The van der Waals surface area contributed by atoms with Gasteiger partial charge in [0.15, 0.2) is 0 Å². The van der Waals surface area contributed by atoms with E-state index in [1.165, 1.54) is 5.56 Å². The number of rotatable bonds is 2. The Morgan fingerprint density at radius 1 is 0.917 bits per heavy atom. The molecule has 3 nitrogen and oxygen atoms in total. The van der Waals surface area contributed by atoms with Crippen LogP contribution in [-0.2, 0) is 5.41 Å². The summed E-state index contributed by atoms with van der Waals surface area (Å²) in [6.45, 7) is 10.4. The van der Waals surface area contributed by atoms with Crippen molar-refractivity contribution in [3.8, 4) is 16.9 Å². The Bertz CT molecular complexity index is 922. The Hall–Kier alpha value is -2.55. The van der Waals surface area contributed by atoms with E-state index in [0.29, 0.717) is 0 Å². The second kappa shape index (κ2) is 5.82. The third kappa shape index (κ3) is 2.82. The summed E-state index contributed by atoms with van der Waals surface area (Å²) < 4.78 is 1.93. The topological polar surface area (TPSA) is 37.8 Å². The normalized spacial score (nSPS) is 11.7. The maximum Gasteiger partial charge on any atom is 0.268 e. The molecule has 1 N–H and O–H groups in total. The van der Waals surface area contributed by atoms with E-state index >= 15 is 0 Å². The summed E-state index contributed by atoms with van der Waals surface area (Å²) >= 11 is 0. The van der Waals surface area contributed by atoms with Gasteiger partial charge in [-0.1, -0.05) is 68.8 Å². The van der Waals surface area contributed by atoms with Crippen molar-refractivity contribution >= 4 is 0 Å². The van der Waals surface area contributed by atoms with Gasteiger partial charge in [0, 0.05) is 5.56 Å². The van der Waals surface area contributed by atoms with E-state index in [4.69, 9.17) is 0 Å². The fraction of sp³-hybridized carbons (Fsp3) is 0.286. The number of H-pyrrole nitrogens is 1. The average Bonchev–Trinajstić information content (AvgIpc) is 2.86. The predicted octanol–water partition coefficient (Wildman–Crippen LogP) is 4.75. The van der Waals surface area contributed by atoms with Gasteiger partial charge in [0.25, 0.3) is 5.56 Å². The summed E-state index contributed by atoms with van der Waals surface area (Å²) in [5.41, 5.74) is 5.86. The molecule has 0 fully saturated rings. The Kier molecular flexibility index (Phi) is 3.96. The molecule has 1 aromatic heterocycles. The van der Waals surface area contributed by atoms with Crippen LogP contribution < -0.4 is 5.56 Å². The molecule has 124 valence electrons. The van der Waals surface area contributed by atoms with Crippen LogP contribution in [0.1, 0.15) is 37.5 Å². The lowest BCUT2D eigenvalue weighted by molar-refractivity contribution is 0.587. The van der Waals surface area contributed by atoms with Gasteiger partial charge in [-0.05, 0) is 30.9 Å². The zero-order valence-electron chi connectivity index (χ0n) is 15.0. The van der Waals surface area contributed by atoms with E-state index < -0.39 is 0 Å². The first kappa shape index (κ1) is 16.3. The van der Waals surface area contributed by atoms with Crippen molar-refractivity contribution in [2.75, 3.05) is 0 Å². The van der Waals surface area contributed by atoms with Gasteiger partial charge in [-0.25, -0.2) is 0 Å². The molecule has 0 spiro atoms. The molecule has 0 radical (unpaired) electrons. The summed E-state index contributed by atoms with van der Waals surface area (Å²) in [6.07, 6.45) is 0. The molecular weight excluding hydrogens is 296 g/mol. The van der Waals surface area contributed by atoms with Crippen LogP contribution in [0.2, 0.25) is 0 Å². The highest BCUT2D eigenvalue weighted by molar-refractivity contribution is 5.68. The lowest BCUT2D eigenvalue weighted by atomic mass is 9.85. The van der Waals surface area contributed by atoms with Gasteiger partial charge in [0.1, 0.15) is 0 Å². The second-order valence-electron chi connectivity index (χ2n) is 7.40. The summed E-state index contributed by atoms with van der Waals surface area (Å²) in [5, 5.41) is 3.05. The quantitative estimate of drug-likeness (QED) is 0.727. The highest BCUT2D eigenvalue weighted by Gasteiger charge is 2.27. The number of benzene rings is 2. The number of hydrogen-bond donors (Lipinski definition) is 1. The van der Waals surface area contributed by atoms with Crippen molar-refractivity contribution in [2.24, 2.45) is 0 Å². The van der Waals surface area contributed by atoms with Gasteiger partial charge >= 0.3 is 0 Å². The van der Waals surface area contributed by atoms with Gasteiger partial charge in [0.05, 0.1) is 16.9 Å². The number of aromatic amines is 1. The summed E-state index contributed by atoms with van der Waals surface area (Å²) in [5.74, 6) is 0. The van der Waals surface area contributed by atoms with E-state index in [1.807, 2.05) is 22.9 Å². The fourth-order valence-electron chi connectivity index (χ4n) is 3.11. The predicted molar refractivity (Wildman–Crippen MR) is 100.0 cm³/mol. The Morgan fingerprint density at radius 2 is 1.54 bits per heavy atom. The first-order valence-corrected chi connectivity index (χ1v) is 8.27. The first-order valence-electron chi connectivity index (χ1n) is 8.27. The Morgan fingerprint density at radius 3 is 2.12 bits per heavy atom. The lowest BCUT2D eigenvalue weighted by Gasteiger charge is -2.20. The summed E-state index contributed by atoms with van der Waals surface area (Å²) in [7, 11) is 0. The van der Waals surface area contributed by atoms with Crippen molar-refractivity contribution in [1.82, 2.24) is 9.78 Å². The molecule has 0 saturated carbocycles. The number of aromatic nitrogens is 2. The Balaban J connectivity index is 2.37. The summed E-state index contributed by atoms with van der Waals surface area (Å²) in [6, 6.07) is 16.4. The number of nitrogens with zero attached hydrogens (tertiary/aromatic N) is 1. The molecule has 1 heterocycles. The molecule has 0 atom stereocenters. The van der Waals surface area contributed by atoms with Crippen LogP contribution in [-0.4, -0.2) is 9.78 Å². The summed E-state index contributed by atoms with van der Waals surface area (Å²) in [4.78, 5) is 12.8. The molecule has 3 rings (SSSR count). The minimum atomic E-state index is -0.248. The van der Waals surface area contributed by atoms with Gasteiger partial charge in [-0.3, -0.25) is 14.6 Å². The molecule has 3 aromatic rings. The molecule has 0 bridgehead atoms. The number of para-hydroxylation sites is 1. The minimum absolute atomic E-state index is 0.0265. The molecule has 0 saturated heterocycles. The van der Waals surface area contributed by atoms with E-state index in [1.54, 1.807) is 0 Å². The van der Waals surface area contributed by atoms with Crippen LogP contribution in [0.3, 0.4) is 0 Å². The van der Waals surface area contributed by atoms with Gasteiger partial charge in [-0.2, -0.15) is 0 Å². The van der Waals surface area contributed by atoms with Gasteiger partial charge in [-0.15, -0.1) is 0 Å². The van der Waals surface area contributed by atoms with E-state index in [-0.39, 0.29) is 11.0 Å². The average molecular weight is 320 g/mol. The highest BCUT2D eigenvalue weighted by atomic mass is 16.1. The molecule has 0 aliphatic rings.